The van der Waals surface area contributed by atoms with Gasteiger partial charge >= 0.3 is 6.18 Å². The Balaban J connectivity index is 2.28. The summed E-state index contributed by atoms with van der Waals surface area (Å²) in [5, 5.41) is 18.4. The number of halogens is 6. The highest BCUT2D eigenvalue weighted by molar-refractivity contribution is 5.51. The Hall–Kier alpha value is -2.47. The van der Waals surface area contributed by atoms with Gasteiger partial charge in [0.05, 0.1) is 16.8 Å². The largest absolute Gasteiger partial charge is 0.418 e. The van der Waals surface area contributed by atoms with Crippen LogP contribution in [0, 0.1) is 17.1 Å². The van der Waals surface area contributed by atoms with Crippen LogP contribution in [0.1, 0.15) is 34.7 Å². The van der Waals surface area contributed by atoms with Gasteiger partial charge in [-0.3, -0.25) is 0 Å². The average Bonchev–Trinajstić information content (AvgIpc) is 3.01. The molecule has 1 heterocycles. The highest BCUT2D eigenvalue weighted by Crippen LogP contribution is 2.50. The van der Waals surface area contributed by atoms with Crippen LogP contribution >= 0.6 is 0 Å². The standard InChI is InChI=1S/C15H8F6N2O/c16-9-2-1-7(3-6(9)4-22)23-5-8(15(19,20)21)10-13(23)11(17)12(18)14(10)24/h1-3,5,11-12,14,24H/t11-,12+,14+/m1/s1. The summed E-state index contributed by atoms with van der Waals surface area (Å²) < 4.78 is 81.2. The number of fused-ring (bicyclic) bond motifs is 1. The molecule has 126 valence electrons. The molecule has 0 bridgehead atoms. The van der Waals surface area contributed by atoms with E-state index in [2.05, 4.69) is 0 Å². The van der Waals surface area contributed by atoms with Crippen molar-refractivity contribution in [2.45, 2.75) is 24.6 Å². The maximum absolute atomic E-state index is 14.1. The van der Waals surface area contributed by atoms with Gasteiger partial charge in [-0.2, -0.15) is 18.4 Å². The van der Waals surface area contributed by atoms with Crippen molar-refractivity contribution in [1.29, 1.82) is 5.26 Å². The summed E-state index contributed by atoms with van der Waals surface area (Å²) in [6, 6.07) is 4.29. The number of aromatic nitrogens is 1. The molecule has 24 heavy (non-hydrogen) atoms. The van der Waals surface area contributed by atoms with Crippen LogP contribution in [-0.2, 0) is 6.18 Å². The van der Waals surface area contributed by atoms with Gasteiger partial charge in [-0.05, 0) is 18.2 Å². The quantitative estimate of drug-likeness (QED) is 0.796. The summed E-state index contributed by atoms with van der Waals surface area (Å²) in [6.07, 6.45) is -11.7. The number of hydrogen-bond acceptors (Lipinski definition) is 2. The van der Waals surface area contributed by atoms with E-state index in [1.807, 2.05) is 0 Å². The van der Waals surface area contributed by atoms with Crippen LogP contribution in [-0.4, -0.2) is 15.8 Å². The first-order valence-corrected chi connectivity index (χ1v) is 6.65. The zero-order valence-electron chi connectivity index (χ0n) is 11.7. The molecule has 0 spiro atoms. The molecular weight excluding hydrogens is 338 g/mol. The third-order valence-electron chi connectivity index (χ3n) is 3.88. The fourth-order valence-electron chi connectivity index (χ4n) is 2.79. The van der Waals surface area contributed by atoms with E-state index >= 15 is 0 Å². The zero-order valence-corrected chi connectivity index (χ0v) is 11.7. The molecule has 0 aliphatic heterocycles. The van der Waals surface area contributed by atoms with E-state index in [4.69, 9.17) is 5.26 Å². The molecule has 3 nitrogen and oxygen atoms in total. The minimum atomic E-state index is -4.95. The lowest BCUT2D eigenvalue weighted by Gasteiger charge is -2.13. The van der Waals surface area contributed by atoms with Crippen LogP contribution in [0.4, 0.5) is 26.3 Å². The Bertz CT molecular complexity index is 851. The lowest BCUT2D eigenvalue weighted by Crippen LogP contribution is -2.15. The highest BCUT2D eigenvalue weighted by atomic mass is 19.4. The van der Waals surface area contributed by atoms with Crippen molar-refractivity contribution in [1.82, 2.24) is 4.57 Å². The van der Waals surface area contributed by atoms with Gasteiger partial charge in [0.25, 0.3) is 0 Å². The van der Waals surface area contributed by atoms with E-state index in [0.717, 1.165) is 18.2 Å². The molecule has 3 rings (SSSR count). The fraction of sp³-hybridized carbons (Fsp3) is 0.267. The Kier molecular flexibility index (Phi) is 3.60. The lowest BCUT2D eigenvalue weighted by molar-refractivity contribution is -0.139. The van der Waals surface area contributed by atoms with Crippen molar-refractivity contribution >= 4 is 0 Å². The predicted molar refractivity (Wildman–Crippen MR) is 69.1 cm³/mol. The molecule has 1 aromatic heterocycles. The van der Waals surface area contributed by atoms with Gasteiger partial charge in [-0.15, -0.1) is 0 Å². The molecule has 0 amide bonds. The molecule has 0 saturated carbocycles. The predicted octanol–water partition coefficient (Wildman–Crippen LogP) is 3.90. The summed E-state index contributed by atoms with van der Waals surface area (Å²) in [5.74, 6) is -0.902. The van der Waals surface area contributed by atoms with Crippen molar-refractivity contribution in [3.63, 3.8) is 0 Å². The first-order chi connectivity index (χ1) is 11.2. The Morgan fingerprint density at radius 1 is 1.21 bits per heavy atom. The average molecular weight is 346 g/mol. The Morgan fingerprint density at radius 2 is 1.88 bits per heavy atom. The second kappa shape index (κ2) is 5.27. The number of aliphatic hydroxyl groups is 1. The third-order valence-corrected chi connectivity index (χ3v) is 3.88. The molecule has 2 aromatic rings. The van der Waals surface area contributed by atoms with Gasteiger partial charge < -0.3 is 9.67 Å². The van der Waals surface area contributed by atoms with Gasteiger partial charge in [-0.1, -0.05) is 0 Å². The minimum absolute atomic E-state index is 0.149. The van der Waals surface area contributed by atoms with E-state index in [9.17, 15) is 31.4 Å². The molecule has 1 aromatic carbocycles. The maximum Gasteiger partial charge on any atom is 0.418 e. The second-order valence-electron chi connectivity index (χ2n) is 5.28. The van der Waals surface area contributed by atoms with Crippen molar-refractivity contribution in [3.8, 4) is 11.8 Å². The number of hydrogen-bond donors (Lipinski definition) is 1. The van der Waals surface area contributed by atoms with Gasteiger partial charge in [0.15, 0.2) is 12.3 Å². The van der Waals surface area contributed by atoms with Gasteiger partial charge in [0, 0.05) is 17.4 Å². The normalized spacial score (nSPS) is 23.2. The van der Waals surface area contributed by atoms with Crippen molar-refractivity contribution < 1.29 is 31.4 Å². The van der Waals surface area contributed by atoms with Crippen LogP contribution in [0.2, 0.25) is 0 Å². The van der Waals surface area contributed by atoms with Crippen molar-refractivity contribution in [2.75, 3.05) is 0 Å². The van der Waals surface area contributed by atoms with Crippen LogP contribution in [0.3, 0.4) is 0 Å². The summed E-state index contributed by atoms with van der Waals surface area (Å²) in [4.78, 5) is 0. The smallest absolute Gasteiger partial charge is 0.385 e. The van der Waals surface area contributed by atoms with Crippen molar-refractivity contribution in [3.05, 3.63) is 52.6 Å². The molecule has 1 aliphatic carbocycles. The molecule has 0 unspecified atom stereocenters. The molecule has 0 saturated heterocycles. The van der Waals surface area contributed by atoms with Crippen LogP contribution in [0.5, 0.6) is 0 Å². The number of aliphatic hydroxyl groups excluding tert-OH is 1. The molecular formula is C15H8F6N2O. The highest BCUT2D eigenvalue weighted by Gasteiger charge is 2.50. The van der Waals surface area contributed by atoms with E-state index in [1.54, 1.807) is 0 Å². The monoisotopic (exact) mass is 346 g/mol. The molecule has 1 aliphatic rings. The summed E-state index contributed by atoms with van der Waals surface area (Å²) in [5.41, 5.74) is -3.57. The topological polar surface area (TPSA) is 49.0 Å². The first kappa shape index (κ1) is 16.4. The van der Waals surface area contributed by atoms with Gasteiger partial charge in [0.1, 0.15) is 18.0 Å². The van der Waals surface area contributed by atoms with E-state index < -0.39 is 52.8 Å². The number of nitriles is 1. The molecule has 3 atom stereocenters. The van der Waals surface area contributed by atoms with Gasteiger partial charge in [0.2, 0.25) is 0 Å². The van der Waals surface area contributed by atoms with Crippen LogP contribution < -0.4 is 0 Å². The third kappa shape index (κ3) is 2.26. The molecule has 0 radical (unpaired) electrons. The molecule has 1 N–H and O–H groups in total. The number of nitrogens with zero attached hydrogens (tertiary/aromatic N) is 2. The van der Waals surface area contributed by atoms with Crippen molar-refractivity contribution in [2.24, 2.45) is 0 Å². The Morgan fingerprint density at radius 3 is 2.46 bits per heavy atom. The first-order valence-electron chi connectivity index (χ1n) is 6.65. The molecule has 0 fully saturated rings. The van der Waals surface area contributed by atoms with E-state index in [0.29, 0.717) is 10.8 Å². The second-order valence-corrected chi connectivity index (χ2v) is 5.28. The summed E-state index contributed by atoms with van der Waals surface area (Å²) >= 11 is 0. The van der Waals surface area contributed by atoms with E-state index in [1.165, 1.54) is 6.07 Å². The number of benzene rings is 1. The number of alkyl halides is 5. The SMILES string of the molecule is N#Cc1cc(-n2cc(C(F)(F)F)c3c2[C@H](F)[C@H](F)[C@H]3O)ccc1F. The maximum atomic E-state index is 14.1. The zero-order chi connectivity index (χ0) is 17.8. The molecule has 9 heteroatoms. The lowest BCUT2D eigenvalue weighted by atomic mass is 10.1. The van der Waals surface area contributed by atoms with Crippen LogP contribution in [0.25, 0.3) is 5.69 Å². The van der Waals surface area contributed by atoms with E-state index in [-0.39, 0.29) is 5.69 Å². The number of rotatable bonds is 1. The summed E-state index contributed by atoms with van der Waals surface area (Å²) in [6.45, 7) is 0. The van der Waals surface area contributed by atoms with Gasteiger partial charge in [-0.25, -0.2) is 13.2 Å². The fourth-order valence-corrected chi connectivity index (χ4v) is 2.79. The van der Waals surface area contributed by atoms with Crippen LogP contribution in [0.15, 0.2) is 24.4 Å². The minimum Gasteiger partial charge on any atom is -0.385 e. The summed E-state index contributed by atoms with van der Waals surface area (Å²) in [7, 11) is 0. The Labute approximate surface area is 131 Å².